The standard InChI is InChI=1S/C39H37NO6/c1-25-36(39(42)46-24-27-13-8-5-9-14-27)37(29-15-10-16-31(19-29)45-23-26-11-6-4-7-12-26)38-32(40-25)20-30(21-33(38)41)28-17-18-34(43-2)35(22-28)44-3/h4-19,22,30,36-37H,20-21,23-24H2,1-3H3. The molecule has 0 radical (unpaired) electrons. The van der Waals surface area contributed by atoms with Crippen molar-refractivity contribution in [2.45, 2.75) is 44.8 Å². The number of aliphatic imine (C=N–C) groups is 1. The van der Waals surface area contributed by atoms with Crippen molar-refractivity contribution in [3.8, 4) is 17.2 Å². The molecule has 0 fully saturated rings. The molecular formula is C39H37NO6. The van der Waals surface area contributed by atoms with E-state index in [1.807, 2.05) is 110 Å². The molecule has 7 heteroatoms. The minimum Gasteiger partial charge on any atom is -0.493 e. The van der Waals surface area contributed by atoms with Gasteiger partial charge in [0.25, 0.3) is 0 Å². The van der Waals surface area contributed by atoms with Crippen molar-refractivity contribution in [1.29, 1.82) is 0 Å². The number of rotatable bonds is 10. The van der Waals surface area contributed by atoms with Crippen LogP contribution in [0.25, 0.3) is 0 Å². The molecule has 0 amide bonds. The van der Waals surface area contributed by atoms with Crippen LogP contribution in [0.15, 0.2) is 119 Å². The van der Waals surface area contributed by atoms with Gasteiger partial charge in [-0.05, 0) is 65.8 Å². The Morgan fingerprint density at radius 1 is 0.761 bits per heavy atom. The van der Waals surface area contributed by atoms with Crippen molar-refractivity contribution in [2.24, 2.45) is 10.9 Å². The molecule has 4 aromatic rings. The fraction of sp³-hybridized carbons (Fsp3) is 0.256. The summed E-state index contributed by atoms with van der Waals surface area (Å²) in [5, 5.41) is 0. The van der Waals surface area contributed by atoms with E-state index in [4.69, 9.17) is 23.9 Å². The van der Waals surface area contributed by atoms with Crippen LogP contribution < -0.4 is 14.2 Å². The van der Waals surface area contributed by atoms with Crippen LogP contribution in [0.1, 0.15) is 53.9 Å². The lowest BCUT2D eigenvalue weighted by atomic mass is 9.69. The molecule has 0 spiro atoms. The van der Waals surface area contributed by atoms with E-state index in [1.54, 1.807) is 14.2 Å². The second-order valence-electron chi connectivity index (χ2n) is 11.7. The lowest BCUT2D eigenvalue weighted by Gasteiger charge is -2.36. The molecule has 6 rings (SSSR count). The predicted octanol–water partition coefficient (Wildman–Crippen LogP) is 7.60. The summed E-state index contributed by atoms with van der Waals surface area (Å²) in [5.41, 5.74) is 5.63. The average Bonchev–Trinajstić information content (AvgIpc) is 3.09. The van der Waals surface area contributed by atoms with Crippen molar-refractivity contribution in [3.05, 3.63) is 137 Å². The number of hydrogen-bond donors (Lipinski definition) is 0. The van der Waals surface area contributed by atoms with E-state index in [1.165, 1.54) is 0 Å². The molecule has 46 heavy (non-hydrogen) atoms. The molecule has 7 nitrogen and oxygen atoms in total. The predicted molar refractivity (Wildman–Crippen MR) is 176 cm³/mol. The van der Waals surface area contributed by atoms with E-state index >= 15 is 0 Å². The van der Waals surface area contributed by atoms with Crippen molar-refractivity contribution in [2.75, 3.05) is 14.2 Å². The summed E-state index contributed by atoms with van der Waals surface area (Å²) in [6.45, 7) is 2.39. The number of ketones is 1. The summed E-state index contributed by atoms with van der Waals surface area (Å²) >= 11 is 0. The summed E-state index contributed by atoms with van der Waals surface area (Å²) in [6, 6.07) is 33.0. The van der Waals surface area contributed by atoms with Crippen LogP contribution in [0.3, 0.4) is 0 Å². The average molecular weight is 616 g/mol. The van der Waals surface area contributed by atoms with Gasteiger partial charge in [-0.3, -0.25) is 14.6 Å². The van der Waals surface area contributed by atoms with Gasteiger partial charge in [0, 0.05) is 29.3 Å². The van der Waals surface area contributed by atoms with Crippen LogP contribution in [-0.4, -0.2) is 31.7 Å². The highest BCUT2D eigenvalue weighted by Crippen LogP contribution is 2.48. The Hall–Kier alpha value is -5.17. The molecule has 1 aliphatic heterocycles. The normalized spacial score (nSPS) is 19.2. The van der Waals surface area contributed by atoms with Gasteiger partial charge in [0.05, 0.1) is 14.2 Å². The van der Waals surface area contributed by atoms with E-state index in [2.05, 4.69) is 0 Å². The Bertz CT molecular complexity index is 1780. The number of esters is 1. The maximum Gasteiger partial charge on any atom is 0.315 e. The van der Waals surface area contributed by atoms with Gasteiger partial charge in [0.1, 0.15) is 24.9 Å². The number of benzene rings is 4. The monoisotopic (exact) mass is 615 g/mol. The molecule has 1 aliphatic carbocycles. The molecule has 0 N–H and O–H groups in total. The minimum absolute atomic E-state index is 0.0289. The number of nitrogens with zero attached hydrogens (tertiary/aromatic N) is 1. The first-order valence-corrected chi connectivity index (χ1v) is 15.5. The summed E-state index contributed by atoms with van der Waals surface area (Å²) in [4.78, 5) is 32.9. The number of allylic oxidation sites excluding steroid dienone is 2. The molecule has 4 aromatic carbocycles. The van der Waals surface area contributed by atoms with Crippen LogP contribution in [0.5, 0.6) is 17.2 Å². The Kier molecular flexibility index (Phi) is 9.29. The zero-order valence-corrected chi connectivity index (χ0v) is 26.3. The molecule has 0 aromatic heterocycles. The highest BCUT2D eigenvalue weighted by atomic mass is 16.5. The largest absolute Gasteiger partial charge is 0.493 e. The summed E-state index contributed by atoms with van der Waals surface area (Å²) < 4.78 is 23.0. The van der Waals surface area contributed by atoms with Crippen LogP contribution in [-0.2, 0) is 27.5 Å². The first-order valence-electron chi connectivity index (χ1n) is 15.5. The number of methoxy groups -OCH3 is 2. The van der Waals surface area contributed by atoms with Gasteiger partial charge in [0.15, 0.2) is 17.3 Å². The van der Waals surface area contributed by atoms with Crippen LogP contribution in [0, 0.1) is 5.92 Å². The molecule has 3 unspecified atom stereocenters. The van der Waals surface area contributed by atoms with Gasteiger partial charge in [-0.1, -0.05) is 78.9 Å². The Morgan fingerprint density at radius 2 is 1.46 bits per heavy atom. The second kappa shape index (κ2) is 13.9. The van der Waals surface area contributed by atoms with E-state index in [9.17, 15) is 9.59 Å². The third-order valence-corrected chi connectivity index (χ3v) is 8.71. The second-order valence-corrected chi connectivity index (χ2v) is 11.7. The first kappa shape index (κ1) is 30.8. The number of hydrogen-bond acceptors (Lipinski definition) is 7. The highest BCUT2D eigenvalue weighted by Gasteiger charge is 2.45. The van der Waals surface area contributed by atoms with Gasteiger partial charge >= 0.3 is 5.97 Å². The van der Waals surface area contributed by atoms with Crippen molar-refractivity contribution in [1.82, 2.24) is 0 Å². The molecular weight excluding hydrogens is 578 g/mol. The molecule has 1 heterocycles. The lowest BCUT2D eigenvalue weighted by molar-refractivity contribution is -0.148. The zero-order valence-electron chi connectivity index (χ0n) is 26.3. The van der Waals surface area contributed by atoms with Crippen LogP contribution >= 0.6 is 0 Å². The Balaban J connectivity index is 1.35. The van der Waals surface area contributed by atoms with Gasteiger partial charge in [0.2, 0.25) is 0 Å². The number of carbonyl (C=O) groups is 2. The van der Waals surface area contributed by atoms with Crippen molar-refractivity contribution >= 4 is 17.5 Å². The third kappa shape index (κ3) is 6.59. The van der Waals surface area contributed by atoms with Crippen molar-refractivity contribution < 1.29 is 28.5 Å². The Morgan fingerprint density at radius 3 is 2.15 bits per heavy atom. The van der Waals surface area contributed by atoms with Crippen LogP contribution in [0.2, 0.25) is 0 Å². The fourth-order valence-corrected chi connectivity index (χ4v) is 6.42. The molecule has 0 bridgehead atoms. The topological polar surface area (TPSA) is 83.4 Å². The summed E-state index contributed by atoms with van der Waals surface area (Å²) in [5.74, 6) is 0.0548. The Labute approximate surface area is 269 Å². The smallest absolute Gasteiger partial charge is 0.315 e. The molecule has 234 valence electrons. The number of Topliss-reactive ketones (excluding diaryl/α,β-unsaturated/α-hetero) is 1. The van der Waals surface area contributed by atoms with Gasteiger partial charge in [-0.25, -0.2) is 0 Å². The minimum atomic E-state index is -0.756. The number of ether oxygens (including phenoxy) is 4. The van der Waals surface area contributed by atoms with E-state index in [0.29, 0.717) is 47.3 Å². The molecule has 3 atom stereocenters. The van der Waals surface area contributed by atoms with E-state index < -0.39 is 17.8 Å². The van der Waals surface area contributed by atoms with E-state index in [0.717, 1.165) is 22.3 Å². The first-order chi connectivity index (χ1) is 22.4. The fourth-order valence-electron chi connectivity index (χ4n) is 6.42. The maximum atomic E-state index is 14.2. The maximum absolute atomic E-state index is 14.2. The van der Waals surface area contributed by atoms with Gasteiger partial charge < -0.3 is 18.9 Å². The van der Waals surface area contributed by atoms with Gasteiger partial charge in [-0.15, -0.1) is 0 Å². The number of carbonyl (C=O) groups excluding carboxylic acids is 2. The summed E-state index contributed by atoms with van der Waals surface area (Å²) in [6.07, 6.45) is 0.843. The zero-order chi connectivity index (χ0) is 32.0. The quantitative estimate of drug-likeness (QED) is 0.171. The summed E-state index contributed by atoms with van der Waals surface area (Å²) in [7, 11) is 3.20. The van der Waals surface area contributed by atoms with E-state index in [-0.39, 0.29) is 24.7 Å². The lowest BCUT2D eigenvalue weighted by Crippen LogP contribution is -2.38. The molecule has 2 aliphatic rings. The molecule has 0 saturated carbocycles. The van der Waals surface area contributed by atoms with Crippen LogP contribution in [0.4, 0.5) is 0 Å². The van der Waals surface area contributed by atoms with Gasteiger partial charge in [-0.2, -0.15) is 0 Å². The third-order valence-electron chi connectivity index (χ3n) is 8.71. The molecule has 0 saturated heterocycles. The van der Waals surface area contributed by atoms with Crippen molar-refractivity contribution in [3.63, 3.8) is 0 Å². The highest BCUT2D eigenvalue weighted by molar-refractivity contribution is 6.09. The SMILES string of the molecule is COc1ccc(C2CC(=O)C3=C(C2)N=C(C)C(C(=O)OCc2ccccc2)C3c2cccc(OCc3ccccc3)c2)cc1OC.